The van der Waals surface area contributed by atoms with E-state index in [9.17, 15) is 4.79 Å². The number of fused-ring (bicyclic) bond motifs is 4. The molecule has 178 valence electrons. The van der Waals surface area contributed by atoms with Crippen LogP contribution in [-0.2, 0) is 30.4 Å². The Bertz CT molecular complexity index is 1330. The molecule has 0 unspecified atom stereocenters. The number of esters is 1. The Hall–Kier alpha value is -2.49. The molecule has 4 aromatic rings. The average Bonchev–Trinajstić information content (AvgIpc) is 3.56. The molecular formula is C24H25ClN4O3S2. The second kappa shape index (κ2) is 10.0. The number of nitrogen functional groups attached to an aromatic ring is 1. The van der Waals surface area contributed by atoms with Gasteiger partial charge in [-0.05, 0) is 69.4 Å². The Morgan fingerprint density at radius 2 is 1.79 bits per heavy atom. The Morgan fingerprint density at radius 3 is 2.50 bits per heavy atom. The van der Waals surface area contributed by atoms with Crippen LogP contribution in [0.25, 0.3) is 21.8 Å². The van der Waals surface area contributed by atoms with Gasteiger partial charge in [0.15, 0.2) is 0 Å². The zero-order chi connectivity index (χ0) is 23.7. The summed E-state index contributed by atoms with van der Waals surface area (Å²) in [6.45, 7) is 2.22. The SMILES string of the molecule is CCOC(=O)c1c(N)sc2c1CCCC2.Clc1nc(-c2ccno2)nc2sc3c(c12)CCCC3. The van der Waals surface area contributed by atoms with Crippen LogP contribution >= 0.6 is 34.3 Å². The first-order valence-corrected chi connectivity index (χ1v) is 13.5. The number of aromatic nitrogens is 3. The van der Waals surface area contributed by atoms with Gasteiger partial charge in [0.2, 0.25) is 11.6 Å². The average molecular weight is 517 g/mol. The van der Waals surface area contributed by atoms with E-state index in [1.54, 1.807) is 34.9 Å². The van der Waals surface area contributed by atoms with Crippen LogP contribution in [0, 0.1) is 0 Å². The van der Waals surface area contributed by atoms with E-state index in [0.717, 1.165) is 47.9 Å². The van der Waals surface area contributed by atoms with Crippen molar-refractivity contribution >= 4 is 55.5 Å². The van der Waals surface area contributed by atoms with Gasteiger partial charge in [-0.15, -0.1) is 22.7 Å². The smallest absolute Gasteiger partial charge is 0.341 e. The summed E-state index contributed by atoms with van der Waals surface area (Å²) in [4.78, 5) is 24.3. The highest BCUT2D eigenvalue weighted by molar-refractivity contribution is 7.19. The Morgan fingerprint density at radius 1 is 1.09 bits per heavy atom. The van der Waals surface area contributed by atoms with E-state index in [2.05, 4.69) is 15.1 Å². The van der Waals surface area contributed by atoms with Gasteiger partial charge in [-0.3, -0.25) is 0 Å². The molecule has 6 rings (SSSR count). The quantitative estimate of drug-likeness (QED) is 0.253. The van der Waals surface area contributed by atoms with Gasteiger partial charge >= 0.3 is 5.97 Å². The largest absolute Gasteiger partial charge is 0.462 e. The monoisotopic (exact) mass is 516 g/mol. The van der Waals surface area contributed by atoms with Gasteiger partial charge in [-0.1, -0.05) is 16.8 Å². The predicted octanol–water partition coefficient (Wildman–Crippen LogP) is 6.26. The normalized spacial score (nSPS) is 14.8. The maximum atomic E-state index is 11.7. The number of carbonyl (C=O) groups excluding carboxylic acids is 1. The number of ether oxygens (including phenoxy) is 1. The fourth-order valence-electron chi connectivity index (χ4n) is 4.57. The first-order valence-electron chi connectivity index (χ1n) is 11.5. The maximum absolute atomic E-state index is 11.7. The number of aryl methyl sites for hydroxylation is 3. The third kappa shape index (κ3) is 4.44. The summed E-state index contributed by atoms with van der Waals surface area (Å²) in [6, 6.07) is 1.74. The number of nitrogens with two attached hydrogens (primary N) is 1. The van der Waals surface area contributed by atoms with Crippen molar-refractivity contribution in [3.05, 3.63) is 43.9 Å². The van der Waals surface area contributed by atoms with Gasteiger partial charge in [0.1, 0.15) is 15.0 Å². The summed E-state index contributed by atoms with van der Waals surface area (Å²) in [5.74, 6) is 0.804. The topological polar surface area (TPSA) is 104 Å². The highest BCUT2D eigenvalue weighted by Crippen LogP contribution is 2.39. The van der Waals surface area contributed by atoms with Crippen LogP contribution in [0.4, 0.5) is 5.00 Å². The van der Waals surface area contributed by atoms with Crippen LogP contribution in [0.1, 0.15) is 63.8 Å². The van der Waals surface area contributed by atoms with Crippen LogP contribution in [-0.4, -0.2) is 27.7 Å². The molecule has 0 fully saturated rings. The molecule has 4 heterocycles. The molecule has 0 bridgehead atoms. The molecule has 34 heavy (non-hydrogen) atoms. The van der Waals surface area contributed by atoms with Crippen molar-refractivity contribution in [2.45, 2.75) is 58.3 Å². The Labute approximate surface area is 210 Å². The summed E-state index contributed by atoms with van der Waals surface area (Å²) >= 11 is 9.63. The van der Waals surface area contributed by atoms with Gasteiger partial charge < -0.3 is 15.0 Å². The van der Waals surface area contributed by atoms with Crippen molar-refractivity contribution in [1.82, 2.24) is 15.1 Å². The summed E-state index contributed by atoms with van der Waals surface area (Å²) in [6.07, 6.45) is 10.6. The van der Waals surface area contributed by atoms with Crippen LogP contribution in [0.3, 0.4) is 0 Å². The molecule has 0 amide bonds. The van der Waals surface area contributed by atoms with Crippen LogP contribution in [0.15, 0.2) is 16.8 Å². The maximum Gasteiger partial charge on any atom is 0.341 e. The molecule has 2 aliphatic rings. The lowest BCUT2D eigenvalue weighted by molar-refractivity contribution is 0.0526. The van der Waals surface area contributed by atoms with Crippen molar-refractivity contribution in [3.63, 3.8) is 0 Å². The van der Waals surface area contributed by atoms with Crippen molar-refractivity contribution < 1.29 is 14.1 Å². The third-order valence-electron chi connectivity index (χ3n) is 6.11. The van der Waals surface area contributed by atoms with Gasteiger partial charge in [0.25, 0.3) is 0 Å². The molecule has 7 nitrogen and oxygen atoms in total. The summed E-state index contributed by atoms with van der Waals surface area (Å²) in [7, 11) is 0. The van der Waals surface area contributed by atoms with E-state index in [-0.39, 0.29) is 5.97 Å². The van der Waals surface area contributed by atoms with E-state index >= 15 is 0 Å². The van der Waals surface area contributed by atoms with Crippen molar-refractivity contribution in [1.29, 1.82) is 0 Å². The number of nitrogens with zero attached hydrogens (tertiary/aromatic N) is 3. The van der Waals surface area contributed by atoms with Crippen molar-refractivity contribution in [3.8, 4) is 11.6 Å². The minimum atomic E-state index is -0.255. The molecular weight excluding hydrogens is 492 g/mol. The molecule has 0 radical (unpaired) electrons. The second-order valence-electron chi connectivity index (χ2n) is 8.28. The van der Waals surface area contributed by atoms with Crippen molar-refractivity contribution in [2.24, 2.45) is 0 Å². The molecule has 0 aliphatic heterocycles. The fraction of sp³-hybridized carbons (Fsp3) is 0.417. The second-order valence-corrected chi connectivity index (χ2v) is 10.9. The van der Waals surface area contributed by atoms with Gasteiger partial charge in [-0.25, -0.2) is 14.8 Å². The number of carbonyl (C=O) groups is 1. The van der Waals surface area contributed by atoms with E-state index in [1.807, 2.05) is 6.92 Å². The molecule has 0 saturated carbocycles. The van der Waals surface area contributed by atoms with E-state index in [1.165, 1.54) is 34.6 Å². The minimum absolute atomic E-state index is 0.255. The fourth-order valence-corrected chi connectivity index (χ4v) is 7.32. The highest BCUT2D eigenvalue weighted by Gasteiger charge is 2.25. The first kappa shape index (κ1) is 23.3. The predicted molar refractivity (Wildman–Crippen MR) is 136 cm³/mol. The van der Waals surface area contributed by atoms with Gasteiger partial charge in [0, 0.05) is 15.8 Å². The van der Waals surface area contributed by atoms with Crippen LogP contribution in [0.5, 0.6) is 0 Å². The Kier molecular flexibility index (Phi) is 6.85. The zero-order valence-corrected chi connectivity index (χ0v) is 21.2. The summed E-state index contributed by atoms with van der Waals surface area (Å²) in [5, 5.41) is 5.86. The van der Waals surface area contributed by atoms with Crippen molar-refractivity contribution in [2.75, 3.05) is 12.3 Å². The zero-order valence-electron chi connectivity index (χ0n) is 18.9. The molecule has 2 aliphatic carbocycles. The third-order valence-corrected chi connectivity index (χ3v) is 8.69. The van der Waals surface area contributed by atoms with Gasteiger partial charge in [-0.2, -0.15) is 0 Å². The van der Waals surface area contributed by atoms with E-state index < -0.39 is 0 Å². The van der Waals surface area contributed by atoms with Crippen LogP contribution < -0.4 is 5.73 Å². The highest BCUT2D eigenvalue weighted by atomic mass is 35.5. The van der Waals surface area contributed by atoms with Crippen LogP contribution in [0.2, 0.25) is 5.15 Å². The molecule has 10 heteroatoms. The minimum Gasteiger partial charge on any atom is -0.462 e. The summed E-state index contributed by atoms with van der Waals surface area (Å²) < 4.78 is 10.1. The van der Waals surface area contributed by atoms with E-state index in [4.69, 9.17) is 26.6 Å². The lowest BCUT2D eigenvalue weighted by atomic mass is 9.95. The summed E-state index contributed by atoms with van der Waals surface area (Å²) in [5.41, 5.74) is 8.99. The molecule has 0 saturated heterocycles. The molecule has 0 spiro atoms. The lowest BCUT2D eigenvalue weighted by Gasteiger charge is -2.11. The van der Waals surface area contributed by atoms with E-state index in [0.29, 0.717) is 33.9 Å². The molecule has 4 aromatic heterocycles. The number of halogens is 1. The standard InChI is InChI=1S/C13H10ClN3OS.C11H15NO2S/c14-11-10-7-3-1-2-4-9(7)19-13(10)17-12(16-11)8-5-6-15-18-8;1-2-14-11(13)9-7-5-3-4-6-8(7)15-10(9)12/h5-6H,1-4H2;2-6,12H2,1H3. The number of rotatable bonds is 3. The number of anilines is 1. The number of hydrogen-bond donors (Lipinski definition) is 1. The first-order chi connectivity index (χ1) is 16.6. The number of thiophene rings is 2. The molecule has 0 aromatic carbocycles. The molecule has 2 N–H and O–H groups in total. The number of hydrogen-bond acceptors (Lipinski definition) is 9. The van der Waals surface area contributed by atoms with Gasteiger partial charge in [0.05, 0.1) is 23.8 Å². The lowest BCUT2D eigenvalue weighted by Crippen LogP contribution is -2.10. The Balaban J connectivity index is 0.000000146. The molecule has 0 atom stereocenters.